The highest BCUT2D eigenvalue weighted by Gasteiger charge is 2.23. The molecule has 0 fully saturated rings. The van der Waals surface area contributed by atoms with Crippen molar-refractivity contribution in [1.82, 2.24) is 0 Å². The molecule has 1 aliphatic rings. The van der Waals surface area contributed by atoms with Gasteiger partial charge in [-0.2, -0.15) is 0 Å². The van der Waals surface area contributed by atoms with Gasteiger partial charge in [0.2, 0.25) is 0 Å². The zero-order valence-corrected chi connectivity index (χ0v) is 5.86. The number of aliphatic carboxylic acids is 1. The first-order valence-corrected chi connectivity index (χ1v) is 3.24. The Labute approximate surface area is 63.6 Å². The number of quaternary nitrogens is 1. The Morgan fingerprint density at radius 2 is 2.36 bits per heavy atom. The van der Waals surface area contributed by atoms with Gasteiger partial charge in [-0.1, -0.05) is 12.2 Å². The highest BCUT2D eigenvalue weighted by atomic mass is 16.4. The van der Waals surface area contributed by atoms with Crippen LogP contribution in [0, 0.1) is 0 Å². The fourth-order valence-electron chi connectivity index (χ4n) is 0.934. The number of carboxylic acids is 1. The molecular weight excluding hydrogens is 146 g/mol. The second kappa shape index (κ2) is 2.86. The maximum atomic E-state index is 10.3. The van der Waals surface area contributed by atoms with E-state index in [4.69, 9.17) is 5.11 Å². The summed E-state index contributed by atoms with van der Waals surface area (Å²) in [5, 5.41) is 19.5. The number of carboxylic acid groups (broad SMARTS) is 1. The predicted molar refractivity (Wildman–Crippen MR) is 34.9 cm³/mol. The number of aliphatic hydroxyl groups excluding tert-OH is 1. The number of rotatable bonds is 1. The van der Waals surface area contributed by atoms with Crippen LogP contribution in [0.15, 0.2) is 23.8 Å². The van der Waals surface area contributed by atoms with Gasteiger partial charge < -0.3 is 20.7 Å². The van der Waals surface area contributed by atoms with Gasteiger partial charge in [0.05, 0.1) is 5.97 Å². The first kappa shape index (κ1) is 7.97. The lowest BCUT2D eigenvalue weighted by Crippen LogP contribution is -2.68. The summed E-state index contributed by atoms with van der Waals surface area (Å²) in [5.74, 6) is -1.27. The van der Waals surface area contributed by atoms with Crippen LogP contribution in [0.4, 0.5) is 0 Å². The van der Waals surface area contributed by atoms with Crippen LogP contribution >= 0.6 is 0 Å². The van der Waals surface area contributed by atoms with Gasteiger partial charge in [-0.3, -0.25) is 0 Å². The molecule has 0 amide bonds. The van der Waals surface area contributed by atoms with Crippen LogP contribution in [0.2, 0.25) is 0 Å². The number of carbonyl (C=O) groups excluding carboxylic acids is 1. The SMILES string of the molecule is [NH3+][C@@H]1C(C(=O)[O-])=CC=C[C@H]1O. The van der Waals surface area contributed by atoms with E-state index in [0.29, 0.717) is 0 Å². The normalized spacial score (nSPS) is 29.8. The second-order valence-corrected chi connectivity index (χ2v) is 2.39. The van der Waals surface area contributed by atoms with Crippen LogP contribution in [0.3, 0.4) is 0 Å². The van der Waals surface area contributed by atoms with Crippen molar-refractivity contribution in [2.24, 2.45) is 0 Å². The zero-order chi connectivity index (χ0) is 8.43. The lowest BCUT2D eigenvalue weighted by Gasteiger charge is -2.19. The van der Waals surface area contributed by atoms with Crippen LogP contribution in [0.5, 0.6) is 0 Å². The summed E-state index contributed by atoms with van der Waals surface area (Å²) >= 11 is 0. The van der Waals surface area contributed by atoms with E-state index < -0.39 is 18.1 Å². The van der Waals surface area contributed by atoms with Gasteiger partial charge in [-0.25, -0.2) is 0 Å². The maximum Gasteiger partial charge on any atom is 0.142 e. The monoisotopic (exact) mass is 155 g/mol. The Balaban J connectivity index is 2.87. The minimum Gasteiger partial charge on any atom is -0.545 e. The fourth-order valence-corrected chi connectivity index (χ4v) is 0.934. The molecule has 4 heteroatoms. The van der Waals surface area contributed by atoms with E-state index in [9.17, 15) is 9.90 Å². The Kier molecular flexibility index (Phi) is 2.07. The van der Waals surface area contributed by atoms with Gasteiger partial charge in [0.25, 0.3) is 0 Å². The molecule has 0 aliphatic heterocycles. The Morgan fingerprint density at radius 3 is 2.82 bits per heavy atom. The summed E-state index contributed by atoms with van der Waals surface area (Å²) in [5.41, 5.74) is 3.53. The van der Waals surface area contributed by atoms with Crippen molar-refractivity contribution in [2.75, 3.05) is 0 Å². The molecule has 0 unspecified atom stereocenters. The van der Waals surface area contributed by atoms with Gasteiger partial charge in [0.15, 0.2) is 0 Å². The molecule has 1 aliphatic carbocycles. The predicted octanol–water partition coefficient (Wildman–Crippen LogP) is -2.80. The van der Waals surface area contributed by atoms with Crippen LogP contribution in [-0.2, 0) is 4.79 Å². The van der Waals surface area contributed by atoms with Crippen LogP contribution in [0.1, 0.15) is 0 Å². The average Bonchev–Trinajstić information content (AvgIpc) is 1.94. The summed E-state index contributed by atoms with van der Waals surface area (Å²) in [6.45, 7) is 0. The van der Waals surface area contributed by atoms with Crippen LogP contribution in [-0.4, -0.2) is 23.2 Å². The van der Waals surface area contributed by atoms with Crippen molar-refractivity contribution in [3.63, 3.8) is 0 Å². The Hall–Kier alpha value is -1.13. The molecule has 0 aromatic rings. The average molecular weight is 155 g/mol. The summed E-state index contributed by atoms with van der Waals surface area (Å²) < 4.78 is 0. The Bertz CT molecular complexity index is 232. The summed E-state index contributed by atoms with van der Waals surface area (Å²) in [6, 6.07) is -0.620. The van der Waals surface area contributed by atoms with Gasteiger partial charge in [0.1, 0.15) is 12.1 Å². The molecule has 0 spiro atoms. The van der Waals surface area contributed by atoms with E-state index in [-0.39, 0.29) is 5.57 Å². The van der Waals surface area contributed by atoms with Crippen molar-refractivity contribution in [3.8, 4) is 0 Å². The number of hydrogen-bond donors (Lipinski definition) is 2. The number of aliphatic hydroxyl groups is 1. The van der Waals surface area contributed by atoms with Crippen LogP contribution in [0.25, 0.3) is 0 Å². The first-order valence-electron chi connectivity index (χ1n) is 3.24. The van der Waals surface area contributed by atoms with Crippen molar-refractivity contribution in [2.45, 2.75) is 12.1 Å². The maximum absolute atomic E-state index is 10.3. The van der Waals surface area contributed by atoms with Crippen molar-refractivity contribution >= 4 is 5.97 Å². The number of hydrogen-bond acceptors (Lipinski definition) is 3. The number of carbonyl (C=O) groups is 1. The topological polar surface area (TPSA) is 88.0 Å². The van der Waals surface area contributed by atoms with Gasteiger partial charge in [0, 0.05) is 5.57 Å². The van der Waals surface area contributed by atoms with Crippen LogP contribution < -0.4 is 10.8 Å². The van der Waals surface area contributed by atoms with Gasteiger partial charge >= 0.3 is 0 Å². The highest BCUT2D eigenvalue weighted by Crippen LogP contribution is 2.08. The van der Waals surface area contributed by atoms with E-state index in [1.54, 1.807) is 0 Å². The molecule has 1 rings (SSSR count). The second-order valence-electron chi connectivity index (χ2n) is 2.39. The molecule has 0 bridgehead atoms. The molecule has 60 valence electrons. The molecular formula is C7H9NO3. The highest BCUT2D eigenvalue weighted by molar-refractivity contribution is 5.86. The largest absolute Gasteiger partial charge is 0.545 e. The molecule has 0 aromatic heterocycles. The minimum absolute atomic E-state index is 0.0417. The van der Waals surface area contributed by atoms with E-state index in [2.05, 4.69) is 5.73 Å². The van der Waals surface area contributed by atoms with Crippen molar-refractivity contribution < 1.29 is 20.7 Å². The van der Waals surface area contributed by atoms with Crippen molar-refractivity contribution in [3.05, 3.63) is 23.8 Å². The smallest absolute Gasteiger partial charge is 0.142 e. The minimum atomic E-state index is -1.27. The van der Waals surface area contributed by atoms with E-state index >= 15 is 0 Å². The van der Waals surface area contributed by atoms with Gasteiger partial charge in [-0.15, -0.1) is 0 Å². The first-order chi connectivity index (χ1) is 5.13. The lowest BCUT2D eigenvalue weighted by atomic mass is 9.97. The molecule has 0 saturated carbocycles. The van der Waals surface area contributed by atoms with E-state index in [1.165, 1.54) is 18.2 Å². The third kappa shape index (κ3) is 1.47. The standard InChI is InChI=1S/C7H9NO3/c8-6-4(7(10)11)2-1-3-5(6)9/h1-3,5-6,9H,8H2,(H,10,11)/t5-,6-/m1/s1. The summed E-state index contributed by atoms with van der Waals surface area (Å²) in [7, 11) is 0. The quantitative estimate of drug-likeness (QED) is 0.429. The molecule has 4 nitrogen and oxygen atoms in total. The summed E-state index contributed by atoms with van der Waals surface area (Å²) in [6.07, 6.45) is 3.55. The number of allylic oxidation sites excluding steroid dienone is 2. The Morgan fingerprint density at radius 1 is 1.73 bits per heavy atom. The lowest BCUT2D eigenvalue weighted by molar-refractivity contribution is -0.422. The van der Waals surface area contributed by atoms with E-state index in [0.717, 1.165) is 0 Å². The molecule has 0 heterocycles. The third-order valence-corrected chi connectivity index (χ3v) is 1.63. The van der Waals surface area contributed by atoms with E-state index in [1.807, 2.05) is 0 Å². The molecule has 11 heavy (non-hydrogen) atoms. The third-order valence-electron chi connectivity index (χ3n) is 1.63. The van der Waals surface area contributed by atoms with Gasteiger partial charge in [-0.05, 0) is 6.08 Å². The summed E-state index contributed by atoms with van der Waals surface area (Å²) in [4.78, 5) is 10.3. The molecule has 2 atom stereocenters. The molecule has 0 saturated heterocycles. The van der Waals surface area contributed by atoms with Crippen molar-refractivity contribution in [1.29, 1.82) is 0 Å². The molecule has 0 radical (unpaired) electrons. The molecule has 0 aromatic carbocycles. The molecule has 4 N–H and O–H groups in total. The zero-order valence-electron chi connectivity index (χ0n) is 5.86. The fraction of sp³-hybridized carbons (Fsp3) is 0.286.